The molecule has 0 aromatic heterocycles. The van der Waals surface area contributed by atoms with Gasteiger partial charge < -0.3 is 18.1 Å². The molecule has 4 nitrogen and oxygen atoms in total. The van der Waals surface area contributed by atoms with E-state index in [0.29, 0.717) is 5.92 Å². The molecular weight excluding hydrogens is 1130 g/mol. The third-order valence-electron chi connectivity index (χ3n) is 21.8. The van der Waals surface area contributed by atoms with Crippen molar-refractivity contribution >= 4 is 9.05 Å². The van der Waals surface area contributed by atoms with E-state index < -0.39 is 25.9 Å². The first-order chi connectivity index (χ1) is 44.5. The molecule has 0 aliphatic heterocycles. The van der Waals surface area contributed by atoms with Gasteiger partial charge in [0.15, 0.2) is 0 Å². The topological polar surface area (TPSA) is 47.9 Å². The molecule has 0 heterocycles. The Morgan fingerprint density at radius 1 is 0.209 bits per heavy atom. The molecule has 0 aromatic rings. The van der Waals surface area contributed by atoms with Gasteiger partial charge in [-0.15, -0.1) is 0 Å². The van der Waals surface area contributed by atoms with E-state index in [1.807, 2.05) is 0 Å². The van der Waals surface area contributed by atoms with Crippen molar-refractivity contribution in [1.82, 2.24) is 0 Å². The highest BCUT2D eigenvalue weighted by atomic mass is 28.4. The molecule has 0 rings (SSSR count). The van der Waals surface area contributed by atoms with Crippen LogP contribution in [0.2, 0.25) is 0 Å². The highest BCUT2D eigenvalue weighted by Crippen LogP contribution is 2.46. The quantitative estimate of drug-likeness (QED) is 0.0487. The predicted octanol–water partition coefficient (Wildman–Crippen LogP) is 31.6. The van der Waals surface area contributed by atoms with Crippen LogP contribution in [0.3, 0.4) is 0 Å². The van der Waals surface area contributed by atoms with Gasteiger partial charge in [-0.3, -0.25) is 0 Å². The fourth-order valence-corrected chi connectivity index (χ4v) is 18.1. The standard InChI is InChI=1S/C86H176O4Si/c1-11-19-27-35-43-51-59-67-75-83(76-68-60-52-44-36-28-20-12-2)86(81-73-65-57-49-41-33-25-17-7,82-74-66-58-50-42-34-26-18-8)90-91(87,88-84(9,77-69-61-53-45-37-29-21-13-3)78-70-62-54-46-38-30-22-14-4)89-85(10,79-71-63-55-47-39-31-23-15-5)80-72-64-56-48-40-32-24-16-6/h83,87H,11-82H2,1-10H3. The highest BCUT2D eigenvalue weighted by molar-refractivity contribution is 6.52. The lowest BCUT2D eigenvalue weighted by atomic mass is 9.74. The summed E-state index contributed by atoms with van der Waals surface area (Å²) in [6.45, 7) is 23.6. The zero-order valence-electron chi connectivity index (χ0n) is 65.2. The summed E-state index contributed by atoms with van der Waals surface area (Å²) in [7, 11) is -4.41. The molecule has 0 aliphatic carbocycles. The Balaban J connectivity index is 8.26. The van der Waals surface area contributed by atoms with E-state index in [1.165, 1.54) is 398 Å². The Bertz CT molecular complexity index is 1250. The molecule has 0 aliphatic rings. The smallest absolute Gasteiger partial charge is 0.367 e. The van der Waals surface area contributed by atoms with Crippen molar-refractivity contribution in [2.45, 2.75) is 548 Å². The second kappa shape index (κ2) is 68.6. The molecule has 0 radical (unpaired) electrons. The lowest BCUT2D eigenvalue weighted by Gasteiger charge is -2.49. The minimum absolute atomic E-state index is 0.395. The largest absolute Gasteiger partial charge is 0.678 e. The van der Waals surface area contributed by atoms with Gasteiger partial charge in [-0.1, -0.05) is 466 Å². The van der Waals surface area contributed by atoms with Gasteiger partial charge in [0, 0.05) is 0 Å². The maximum atomic E-state index is 14.7. The summed E-state index contributed by atoms with van der Waals surface area (Å²) >= 11 is 0. The Morgan fingerprint density at radius 2 is 0.363 bits per heavy atom. The molecule has 0 spiro atoms. The molecular formula is C86H176O4Si. The fourth-order valence-electron chi connectivity index (χ4n) is 15.5. The summed E-state index contributed by atoms with van der Waals surface area (Å²) in [6.07, 6.45) is 93.0. The van der Waals surface area contributed by atoms with Crippen LogP contribution in [0.15, 0.2) is 0 Å². The van der Waals surface area contributed by atoms with E-state index >= 15 is 0 Å². The third-order valence-corrected chi connectivity index (χ3v) is 23.9. The molecule has 1 N–H and O–H groups in total. The second-order valence-electron chi connectivity index (χ2n) is 31.4. The maximum absolute atomic E-state index is 14.7. The van der Waals surface area contributed by atoms with E-state index in [4.69, 9.17) is 13.3 Å². The minimum Gasteiger partial charge on any atom is -0.367 e. The van der Waals surface area contributed by atoms with Crippen molar-refractivity contribution < 1.29 is 18.1 Å². The van der Waals surface area contributed by atoms with Crippen LogP contribution in [0.4, 0.5) is 0 Å². The summed E-state index contributed by atoms with van der Waals surface area (Å²) in [5.74, 6) is 0.395. The Hall–Kier alpha value is 0.0569. The van der Waals surface area contributed by atoms with Crippen LogP contribution in [0.25, 0.3) is 0 Å². The molecule has 548 valence electrons. The van der Waals surface area contributed by atoms with Crippen LogP contribution in [0.1, 0.15) is 532 Å². The van der Waals surface area contributed by atoms with Gasteiger partial charge >= 0.3 is 9.05 Å². The SMILES string of the molecule is CCCCCCCCCCC(CCCCCCCCCC)C(CCCCCCCCCC)(CCCCCCCCCC)O[Si](O)(OC(C)(CCCCCCCCCC)CCCCCCCCCC)OC(C)(CCCCCCCCCC)CCCCCCCCCC. The average Bonchev–Trinajstić information content (AvgIpc) is 0.859. The van der Waals surface area contributed by atoms with Gasteiger partial charge in [0.2, 0.25) is 0 Å². The predicted molar refractivity (Wildman–Crippen MR) is 412 cm³/mol. The van der Waals surface area contributed by atoms with Crippen LogP contribution < -0.4 is 0 Å². The van der Waals surface area contributed by atoms with Crippen molar-refractivity contribution in [3.63, 3.8) is 0 Å². The first-order valence-corrected chi connectivity index (χ1v) is 45.0. The lowest BCUT2D eigenvalue weighted by Crippen LogP contribution is -2.62. The summed E-state index contributed by atoms with van der Waals surface area (Å²) in [6, 6.07) is 0. The lowest BCUT2D eigenvalue weighted by molar-refractivity contribution is -0.169. The zero-order chi connectivity index (χ0) is 66.6. The van der Waals surface area contributed by atoms with E-state index in [9.17, 15) is 4.80 Å². The summed E-state index contributed by atoms with van der Waals surface area (Å²) in [5, 5.41) is 0. The number of hydrogen-bond donors (Lipinski definition) is 1. The molecule has 0 saturated carbocycles. The normalized spacial score (nSPS) is 12.7. The van der Waals surface area contributed by atoms with Crippen molar-refractivity contribution in [2.24, 2.45) is 5.92 Å². The number of hydrogen-bond acceptors (Lipinski definition) is 4. The van der Waals surface area contributed by atoms with E-state index in [1.54, 1.807) is 0 Å². The molecule has 0 fully saturated rings. The van der Waals surface area contributed by atoms with Gasteiger partial charge in [0.25, 0.3) is 0 Å². The molecule has 91 heavy (non-hydrogen) atoms. The van der Waals surface area contributed by atoms with Gasteiger partial charge in [-0.25, -0.2) is 0 Å². The minimum atomic E-state index is -4.41. The second-order valence-corrected chi connectivity index (χ2v) is 33.0. The molecule has 5 heteroatoms. The van der Waals surface area contributed by atoms with E-state index in [2.05, 4.69) is 69.2 Å². The van der Waals surface area contributed by atoms with Crippen LogP contribution in [0.5, 0.6) is 0 Å². The van der Waals surface area contributed by atoms with Crippen molar-refractivity contribution in [3.05, 3.63) is 0 Å². The third kappa shape index (κ3) is 57.7. The van der Waals surface area contributed by atoms with Crippen LogP contribution >= 0.6 is 0 Å². The number of rotatable bonds is 79. The Morgan fingerprint density at radius 3 is 0.549 bits per heavy atom. The Kier molecular flexibility index (Phi) is 68.6. The Labute approximate surface area is 578 Å². The van der Waals surface area contributed by atoms with Crippen molar-refractivity contribution in [1.29, 1.82) is 0 Å². The van der Waals surface area contributed by atoms with Crippen molar-refractivity contribution in [3.8, 4) is 0 Å². The molecule has 0 unspecified atom stereocenters. The van der Waals surface area contributed by atoms with Crippen molar-refractivity contribution in [2.75, 3.05) is 0 Å². The van der Waals surface area contributed by atoms with Gasteiger partial charge in [-0.05, 0) is 71.1 Å². The number of unbranched alkanes of at least 4 members (excludes halogenated alkanes) is 56. The van der Waals surface area contributed by atoms with Gasteiger partial charge in [0.05, 0.1) is 16.8 Å². The molecule has 0 bridgehead atoms. The molecule has 0 amide bonds. The van der Waals surface area contributed by atoms with E-state index in [-0.39, 0.29) is 0 Å². The van der Waals surface area contributed by atoms with Crippen LogP contribution in [-0.2, 0) is 13.3 Å². The van der Waals surface area contributed by atoms with Crippen LogP contribution in [0, 0.1) is 5.92 Å². The summed E-state index contributed by atoms with van der Waals surface area (Å²) < 4.78 is 24.4. The molecule has 0 aromatic carbocycles. The monoisotopic (exact) mass is 1300 g/mol. The van der Waals surface area contributed by atoms with Gasteiger partial charge in [0.1, 0.15) is 0 Å². The summed E-state index contributed by atoms with van der Waals surface area (Å²) in [4.78, 5) is 14.7. The zero-order valence-corrected chi connectivity index (χ0v) is 66.2. The maximum Gasteiger partial charge on any atom is 0.678 e. The van der Waals surface area contributed by atoms with Crippen LogP contribution in [-0.4, -0.2) is 30.6 Å². The first-order valence-electron chi connectivity index (χ1n) is 43.3. The average molecular weight is 1300 g/mol. The molecule has 0 saturated heterocycles. The van der Waals surface area contributed by atoms with E-state index in [0.717, 1.165) is 64.2 Å². The first kappa shape index (κ1) is 91.1. The highest BCUT2D eigenvalue weighted by Gasteiger charge is 2.57. The van der Waals surface area contributed by atoms with Gasteiger partial charge in [-0.2, -0.15) is 0 Å². The molecule has 0 atom stereocenters. The summed E-state index contributed by atoms with van der Waals surface area (Å²) in [5.41, 5.74) is -1.47. The fraction of sp³-hybridized carbons (Fsp3) is 1.00.